The summed E-state index contributed by atoms with van der Waals surface area (Å²) in [6, 6.07) is 11.9. The van der Waals surface area contributed by atoms with Crippen molar-refractivity contribution in [1.29, 1.82) is 0 Å². The predicted molar refractivity (Wildman–Crippen MR) is 96.0 cm³/mol. The Hall–Kier alpha value is -2.83. The normalized spacial score (nSPS) is 10.9. The van der Waals surface area contributed by atoms with Crippen LogP contribution in [0.5, 0.6) is 0 Å². The highest BCUT2D eigenvalue weighted by Gasteiger charge is 2.06. The van der Waals surface area contributed by atoms with Crippen molar-refractivity contribution in [3.63, 3.8) is 0 Å². The molecule has 4 rings (SSSR count). The number of pyridine rings is 2. The summed E-state index contributed by atoms with van der Waals surface area (Å²) in [5.74, 6) is 0. The quantitative estimate of drug-likeness (QED) is 0.577. The third kappa shape index (κ3) is 2.84. The molecule has 0 saturated carbocycles. The molecule has 3 aromatic heterocycles. The average molecular weight is 331 g/mol. The summed E-state index contributed by atoms with van der Waals surface area (Å²) in [4.78, 5) is 18.5. The second-order valence-electron chi connectivity index (χ2n) is 5.23. The van der Waals surface area contributed by atoms with Crippen LogP contribution < -0.4 is 5.14 Å². The summed E-state index contributed by atoms with van der Waals surface area (Å²) >= 11 is 1.18. The molecule has 0 aliphatic carbocycles. The van der Waals surface area contributed by atoms with Crippen LogP contribution in [0, 0.1) is 0 Å². The Balaban J connectivity index is 1.81. The Morgan fingerprint density at radius 2 is 1.71 bits per heavy atom. The molecular formula is C18H13N5S. The van der Waals surface area contributed by atoms with Gasteiger partial charge in [0, 0.05) is 40.8 Å². The molecule has 4 aromatic rings. The van der Waals surface area contributed by atoms with E-state index in [4.69, 9.17) is 10.1 Å². The van der Waals surface area contributed by atoms with Gasteiger partial charge in [-0.2, -0.15) is 0 Å². The first-order valence-corrected chi connectivity index (χ1v) is 8.21. The monoisotopic (exact) mass is 331 g/mol. The van der Waals surface area contributed by atoms with Crippen molar-refractivity contribution in [2.45, 2.75) is 4.90 Å². The fraction of sp³-hybridized carbons (Fsp3) is 0. The number of rotatable bonds is 3. The van der Waals surface area contributed by atoms with E-state index < -0.39 is 0 Å². The fourth-order valence-electron chi connectivity index (χ4n) is 2.49. The van der Waals surface area contributed by atoms with Gasteiger partial charge < -0.3 is 0 Å². The van der Waals surface area contributed by atoms with Gasteiger partial charge in [0.2, 0.25) is 0 Å². The molecule has 0 aliphatic heterocycles. The molecule has 0 aliphatic rings. The molecule has 116 valence electrons. The van der Waals surface area contributed by atoms with E-state index >= 15 is 0 Å². The molecular weight excluding hydrogens is 318 g/mol. The van der Waals surface area contributed by atoms with Crippen LogP contribution in [0.25, 0.3) is 33.4 Å². The lowest BCUT2D eigenvalue weighted by Gasteiger charge is -2.06. The fourth-order valence-corrected chi connectivity index (χ4v) is 2.80. The van der Waals surface area contributed by atoms with E-state index in [2.05, 4.69) is 15.0 Å². The van der Waals surface area contributed by atoms with Crippen molar-refractivity contribution >= 4 is 23.0 Å². The molecule has 5 nitrogen and oxygen atoms in total. The van der Waals surface area contributed by atoms with Crippen LogP contribution in [-0.4, -0.2) is 19.9 Å². The van der Waals surface area contributed by atoms with E-state index in [1.165, 1.54) is 11.9 Å². The lowest BCUT2D eigenvalue weighted by atomic mass is 10.1. The molecule has 0 unspecified atom stereocenters. The minimum atomic E-state index is 0.803. The topological polar surface area (TPSA) is 77.6 Å². The lowest BCUT2D eigenvalue weighted by molar-refractivity contribution is 1.24. The van der Waals surface area contributed by atoms with E-state index in [0.29, 0.717) is 0 Å². The first kappa shape index (κ1) is 14.7. The van der Waals surface area contributed by atoms with Crippen molar-refractivity contribution < 1.29 is 0 Å². The minimum absolute atomic E-state index is 0.803. The highest BCUT2D eigenvalue weighted by atomic mass is 32.2. The van der Waals surface area contributed by atoms with Gasteiger partial charge in [-0.15, -0.1) is 0 Å². The smallest absolute Gasteiger partial charge is 0.0908 e. The third-order valence-corrected chi connectivity index (χ3v) is 4.18. The van der Waals surface area contributed by atoms with Crippen LogP contribution in [-0.2, 0) is 0 Å². The van der Waals surface area contributed by atoms with Gasteiger partial charge in [-0.1, -0.05) is 6.07 Å². The molecule has 0 radical (unpaired) electrons. The summed E-state index contributed by atoms with van der Waals surface area (Å²) in [5.41, 5.74) is 5.46. The van der Waals surface area contributed by atoms with Crippen molar-refractivity contribution in [1.82, 2.24) is 19.9 Å². The van der Waals surface area contributed by atoms with Gasteiger partial charge in [0.25, 0.3) is 0 Å². The van der Waals surface area contributed by atoms with Crippen LogP contribution in [0.3, 0.4) is 0 Å². The maximum Gasteiger partial charge on any atom is 0.0908 e. The number of fused-ring (bicyclic) bond motifs is 1. The van der Waals surface area contributed by atoms with Gasteiger partial charge in [0.05, 0.1) is 22.9 Å². The van der Waals surface area contributed by atoms with Gasteiger partial charge in [0.1, 0.15) is 0 Å². The zero-order chi connectivity index (χ0) is 16.4. The van der Waals surface area contributed by atoms with Crippen molar-refractivity contribution in [2.24, 2.45) is 5.14 Å². The van der Waals surface area contributed by atoms with Gasteiger partial charge in [0.15, 0.2) is 0 Å². The maximum atomic E-state index is 5.62. The van der Waals surface area contributed by atoms with Crippen molar-refractivity contribution in [3.8, 4) is 22.4 Å². The SMILES string of the molecule is NSc1cncc(-c2ccc3ncc(-c4cccnc4)nc3c2)c1. The highest BCUT2D eigenvalue weighted by Crippen LogP contribution is 2.26. The molecule has 0 spiro atoms. The van der Waals surface area contributed by atoms with Gasteiger partial charge >= 0.3 is 0 Å². The second kappa shape index (κ2) is 6.35. The Kier molecular flexibility index (Phi) is 3.90. The Morgan fingerprint density at radius 3 is 2.54 bits per heavy atom. The maximum absolute atomic E-state index is 5.62. The summed E-state index contributed by atoms with van der Waals surface area (Å²) in [5, 5.41) is 5.62. The number of aromatic nitrogens is 4. The van der Waals surface area contributed by atoms with Crippen LogP contribution in [0.4, 0.5) is 0 Å². The molecule has 0 bridgehead atoms. The van der Waals surface area contributed by atoms with Crippen molar-refractivity contribution in [3.05, 3.63) is 67.4 Å². The van der Waals surface area contributed by atoms with Gasteiger partial charge in [-0.3, -0.25) is 20.1 Å². The number of nitrogens with zero attached hydrogens (tertiary/aromatic N) is 4. The third-order valence-electron chi connectivity index (χ3n) is 3.68. The molecule has 0 amide bonds. The molecule has 3 heterocycles. The summed E-state index contributed by atoms with van der Waals surface area (Å²) in [7, 11) is 0. The Labute approximate surface area is 143 Å². The first-order valence-electron chi connectivity index (χ1n) is 7.33. The second-order valence-corrected chi connectivity index (χ2v) is 5.93. The molecule has 6 heteroatoms. The number of benzene rings is 1. The van der Waals surface area contributed by atoms with Gasteiger partial charge in [-0.05, 0) is 47.8 Å². The Bertz CT molecular complexity index is 1000. The Morgan fingerprint density at radius 1 is 0.792 bits per heavy atom. The molecule has 0 saturated heterocycles. The summed E-state index contributed by atoms with van der Waals surface area (Å²) < 4.78 is 0. The lowest BCUT2D eigenvalue weighted by Crippen LogP contribution is -1.90. The molecule has 2 N–H and O–H groups in total. The van der Waals surface area contributed by atoms with E-state index in [9.17, 15) is 0 Å². The van der Waals surface area contributed by atoms with Gasteiger partial charge in [-0.25, -0.2) is 4.98 Å². The molecule has 0 fully saturated rings. The molecule has 24 heavy (non-hydrogen) atoms. The number of hydrogen-bond donors (Lipinski definition) is 1. The van der Waals surface area contributed by atoms with E-state index in [1.807, 2.05) is 42.6 Å². The van der Waals surface area contributed by atoms with E-state index in [0.717, 1.165) is 38.3 Å². The summed E-state index contributed by atoms with van der Waals surface area (Å²) in [6.45, 7) is 0. The standard InChI is InChI=1S/C18H13N5S/c19-24-15-6-14(9-21-10-15)12-3-4-16-17(7-12)23-18(11-22-16)13-2-1-5-20-8-13/h1-11H,19H2. The highest BCUT2D eigenvalue weighted by molar-refractivity contribution is 7.97. The van der Waals surface area contributed by atoms with E-state index in [1.54, 1.807) is 24.8 Å². The van der Waals surface area contributed by atoms with Crippen LogP contribution in [0.2, 0.25) is 0 Å². The predicted octanol–water partition coefficient (Wildman–Crippen LogP) is 3.72. The average Bonchev–Trinajstić information content (AvgIpc) is 2.68. The van der Waals surface area contributed by atoms with Crippen LogP contribution in [0.1, 0.15) is 0 Å². The molecule has 1 aromatic carbocycles. The zero-order valence-corrected chi connectivity index (χ0v) is 13.4. The van der Waals surface area contributed by atoms with Crippen LogP contribution in [0.15, 0.2) is 72.3 Å². The minimum Gasteiger partial charge on any atom is -0.274 e. The van der Waals surface area contributed by atoms with Crippen molar-refractivity contribution in [2.75, 3.05) is 0 Å². The van der Waals surface area contributed by atoms with E-state index in [-0.39, 0.29) is 0 Å². The first-order chi connectivity index (χ1) is 11.8. The number of nitrogens with two attached hydrogens (primary N) is 1. The largest absolute Gasteiger partial charge is 0.274 e. The zero-order valence-electron chi connectivity index (χ0n) is 12.6. The molecule has 0 atom stereocenters. The van der Waals surface area contributed by atoms with Crippen LogP contribution >= 0.6 is 11.9 Å². The number of hydrogen-bond acceptors (Lipinski definition) is 6. The summed E-state index contributed by atoms with van der Waals surface area (Å²) in [6.07, 6.45) is 8.86.